The molecule has 8 nitrogen and oxygen atoms in total. The first-order valence-corrected chi connectivity index (χ1v) is 14.2. The predicted molar refractivity (Wildman–Crippen MR) is 167 cm³/mol. The van der Waals surface area contributed by atoms with Crippen molar-refractivity contribution in [2.75, 3.05) is 18.5 Å². The third-order valence-corrected chi connectivity index (χ3v) is 7.21. The summed E-state index contributed by atoms with van der Waals surface area (Å²) in [6, 6.07) is 24.6. The molecule has 1 aliphatic heterocycles. The van der Waals surface area contributed by atoms with Crippen LogP contribution in [-0.4, -0.2) is 35.9 Å². The smallest absolute Gasteiger partial charge is 0.329 e. The Bertz CT molecular complexity index is 1680. The SMILES string of the molecule is CCOc1cc(/C=C2/NC(=O)N(CC(=O)Nc3cccc(C)c3)C2=O)cc(I)c1OCc1ccc2ccccc2c1. The Hall–Kier alpha value is -4.38. The number of ether oxygens (including phenoxy) is 2. The Balaban J connectivity index is 1.30. The summed E-state index contributed by atoms with van der Waals surface area (Å²) >= 11 is 2.17. The van der Waals surface area contributed by atoms with Gasteiger partial charge in [-0.25, -0.2) is 9.69 Å². The number of amides is 4. The number of nitrogens with one attached hydrogen (secondary N) is 2. The first-order valence-electron chi connectivity index (χ1n) is 13.1. The molecule has 4 amide bonds. The monoisotopic (exact) mass is 661 g/mol. The molecule has 4 aromatic rings. The highest BCUT2D eigenvalue weighted by atomic mass is 127. The van der Waals surface area contributed by atoms with Crippen LogP contribution in [0.2, 0.25) is 0 Å². The third kappa shape index (κ3) is 6.68. The van der Waals surface area contributed by atoms with Crippen LogP contribution in [-0.2, 0) is 16.2 Å². The molecule has 1 heterocycles. The topological polar surface area (TPSA) is 97.0 Å². The van der Waals surface area contributed by atoms with E-state index in [1.54, 1.807) is 18.2 Å². The van der Waals surface area contributed by atoms with Crippen LogP contribution in [0.15, 0.2) is 84.6 Å². The molecule has 41 heavy (non-hydrogen) atoms. The van der Waals surface area contributed by atoms with Crippen molar-refractivity contribution in [2.45, 2.75) is 20.5 Å². The van der Waals surface area contributed by atoms with Crippen molar-refractivity contribution >= 4 is 63.0 Å². The van der Waals surface area contributed by atoms with E-state index >= 15 is 0 Å². The maximum absolute atomic E-state index is 13.0. The van der Waals surface area contributed by atoms with E-state index in [0.29, 0.717) is 36.0 Å². The summed E-state index contributed by atoms with van der Waals surface area (Å²) in [5.74, 6) is 0.0672. The van der Waals surface area contributed by atoms with Crippen molar-refractivity contribution in [1.82, 2.24) is 10.2 Å². The van der Waals surface area contributed by atoms with Gasteiger partial charge in [0.15, 0.2) is 11.5 Å². The molecule has 1 aliphatic rings. The molecule has 0 atom stereocenters. The molecule has 0 saturated carbocycles. The zero-order chi connectivity index (χ0) is 28.9. The van der Waals surface area contributed by atoms with E-state index in [4.69, 9.17) is 9.47 Å². The maximum atomic E-state index is 13.0. The van der Waals surface area contributed by atoms with Crippen LogP contribution in [0.4, 0.5) is 10.5 Å². The number of imide groups is 1. The minimum atomic E-state index is -0.657. The molecular weight excluding hydrogens is 633 g/mol. The number of aryl methyl sites for hydroxylation is 1. The molecule has 0 bridgehead atoms. The molecular formula is C32H28IN3O5. The number of carbonyl (C=O) groups excluding carboxylic acids is 3. The average Bonchev–Trinajstić information content (AvgIpc) is 3.19. The highest BCUT2D eigenvalue weighted by molar-refractivity contribution is 14.1. The molecule has 2 N–H and O–H groups in total. The Morgan fingerprint density at radius 2 is 1.78 bits per heavy atom. The summed E-state index contributed by atoms with van der Waals surface area (Å²) in [6.07, 6.45) is 1.57. The normalized spacial score (nSPS) is 13.9. The summed E-state index contributed by atoms with van der Waals surface area (Å²) in [7, 11) is 0. The van der Waals surface area contributed by atoms with Gasteiger partial charge in [0.1, 0.15) is 18.8 Å². The fourth-order valence-corrected chi connectivity index (χ4v) is 5.29. The van der Waals surface area contributed by atoms with Gasteiger partial charge in [-0.3, -0.25) is 9.59 Å². The molecule has 0 aliphatic carbocycles. The summed E-state index contributed by atoms with van der Waals surface area (Å²) in [5.41, 5.74) is 3.32. The Labute approximate surface area is 251 Å². The summed E-state index contributed by atoms with van der Waals surface area (Å²) in [5, 5.41) is 7.59. The van der Waals surface area contributed by atoms with E-state index in [-0.39, 0.29) is 5.70 Å². The number of halogens is 1. The lowest BCUT2D eigenvalue weighted by Crippen LogP contribution is -2.38. The Morgan fingerprint density at radius 3 is 2.56 bits per heavy atom. The zero-order valence-electron chi connectivity index (χ0n) is 22.6. The van der Waals surface area contributed by atoms with Crippen LogP contribution in [0.1, 0.15) is 23.6 Å². The fourth-order valence-electron chi connectivity index (χ4n) is 4.51. The number of hydrogen-bond donors (Lipinski definition) is 2. The van der Waals surface area contributed by atoms with Crippen molar-refractivity contribution in [3.8, 4) is 11.5 Å². The zero-order valence-corrected chi connectivity index (χ0v) is 24.7. The van der Waals surface area contributed by atoms with E-state index in [1.807, 2.05) is 56.3 Å². The molecule has 0 unspecified atom stereocenters. The standard InChI is InChI=1S/C32H28IN3O5/c1-3-40-28-17-22(15-26(33)30(28)41-19-21-11-12-23-8-4-5-9-24(23)14-21)16-27-31(38)36(32(39)35-27)18-29(37)34-25-10-6-7-20(2)13-25/h4-17H,3,18-19H2,1-2H3,(H,34,37)(H,35,39)/b27-16+. The Kier molecular flexibility index (Phi) is 8.53. The van der Waals surface area contributed by atoms with E-state index in [0.717, 1.165) is 30.4 Å². The first kappa shape index (κ1) is 28.2. The highest BCUT2D eigenvalue weighted by Gasteiger charge is 2.35. The lowest BCUT2D eigenvalue weighted by atomic mass is 10.1. The van der Waals surface area contributed by atoms with E-state index in [2.05, 4.69) is 57.5 Å². The van der Waals surface area contributed by atoms with Crippen LogP contribution in [0.5, 0.6) is 11.5 Å². The molecule has 0 radical (unpaired) electrons. The highest BCUT2D eigenvalue weighted by Crippen LogP contribution is 2.36. The van der Waals surface area contributed by atoms with Gasteiger partial charge in [-0.2, -0.15) is 0 Å². The number of anilines is 1. The van der Waals surface area contributed by atoms with Crippen molar-refractivity contribution in [3.05, 3.63) is 105 Å². The lowest BCUT2D eigenvalue weighted by molar-refractivity contribution is -0.127. The van der Waals surface area contributed by atoms with Crippen molar-refractivity contribution < 1.29 is 23.9 Å². The molecule has 4 aromatic carbocycles. The van der Waals surface area contributed by atoms with Gasteiger partial charge in [-0.05, 0) is 100 Å². The lowest BCUT2D eigenvalue weighted by Gasteiger charge is -2.15. The van der Waals surface area contributed by atoms with Gasteiger partial charge in [-0.1, -0.05) is 48.5 Å². The third-order valence-electron chi connectivity index (χ3n) is 6.41. The van der Waals surface area contributed by atoms with Crippen LogP contribution in [0.3, 0.4) is 0 Å². The number of benzene rings is 4. The molecule has 208 valence electrons. The minimum Gasteiger partial charge on any atom is -0.490 e. The quantitative estimate of drug-likeness (QED) is 0.125. The van der Waals surface area contributed by atoms with Gasteiger partial charge >= 0.3 is 6.03 Å². The molecule has 0 aromatic heterocycles. The average molecular weight is 661 g/mol. The van der Waals surface area contributed by atoms with Crippen molar-refractivity contribution in [1.29, 1.82) is 0 Å². The number of rotatable bonds is 9. The molecule has 5 rings (SSSR count). The second kappa shape index (κ2) is 12.4. The van der Waals surface area contributed by atoms with Gasteiger partial charge in [-0.15, -0.1) is 0 Å². The van der Waals surface area contributed by atoms with Gasteiger partial charge in [0.25, 0.3) is 5.91 Å². The first-order chi connectivity index (χ1) is 19.8. The fraction of sp³-hybridized carbons (Fsp3) is 0.156. The summed E-state index contributed by atoms with van der Waals surface area (Å²) in [6.45, 7) is 4.16. The van der Waals surface area contributed by atoms with Crippen molar-refractivity contribution in [2.24, 2.45) is 0 Å². The number of fused-ring (bicyclic) bond motifs is 1. The van der Waals surface area contributed by atoms with E-state index in [1.165, 1.54) is 0 Å². The number of nitrogens with zero attached hydrogens (tertiary/aromatic N) is 1. The van der Waals surface area contributed by atoms with Crippen LogP contribution in [0, 0.1) is 10.5 Å². The van der Waals surface area contributed by atoms with Gasteiger partial charge in [0.05, 0.1) is 10.2 Å². The molecule has 0 spiro atoms. The number of urea groups is 1. The van der Waals surface area contributed by atoms with Crippen molar-refractivity contribution in [3.63, 3.8) is 0 Å². The maximum Gasteiger partial charge on any atom is 0.329 e. The molecule has 1 saturated heterocycles. The van der Waals surface area contributed by atoms with Crippen LogP contribution >= 0.6 is 22.6 Å². The van der Waals surface area contributed by atoms with E-state index < -0.39 is 24.4 Å². The number of carbonyl (C=O) groups is 3. The second-order valence-electron chi connectivity index (χ2n) is 9.53. The van der Waals surface area contributed by atoms with E-state index in [9.17, 15) is 14.4 Å². The largest absolute Gasteiger partial charge is 0.490 e. The van der Waals surface area contributed by atoms with Crippen LogP contribution < -0.4 is 20.1 Å². The van der Waals surface area contributed by atoms with Gasteiger partial charge < -0.3 is 20.1 Å². The molecule has 9 heteroatoms. The van der Waals surface area contributed by atoms with Gasteiger partial charge in [0, 0.05) is 5.69 Å². The predicted octanol–water partition coefficient (Wildman–Crippen LogP) is 6.26. The molecule has 1 fully saturated rings. The summed E-state index contributed by atoms with van der Waals surface area (Å²) < 4.78 is 12.9. The van der Waals surface area contributed by atoms with Gasteiger partial charge in [0.2, 0.25) is 5.91 Å². The Morgan fingerprint density at radius 1 is 0.976 bits per heavy atom. The minimum absolute atomic E-state index is 0.0708. The summed E-state index contributed by atoms with van der Waals surface area (Å²) in [4.78, 5) is 39.0. The van der Waals surface area contributed by atoms with Crippen LogP contribution in [0.25, 0.3) is 16.8 Å². The number of hydrogen-bond acceptors (Lipinski definition) is 5. The second-order valence-corrected chi connectivity index (χ2v) is 10.7.